The Morgan fingerprint density at radius 2 is 1.92 bits per heavy atom. The van der Waals surface area contributed by atoms with E-state index in [1.807, 2.05) is 13.8 Å². The SMILES string of the molecule is CC.CC(=O)c1cc(Br)c(Br)[nH]1. The van der Waals surface area contributed by atoms with Gasteiger partial charge in [-0.3, -0.25) is 4.79 Å². The molecular weight excluding hydrogens is 286 g/mol. The Labute approximate surface area is 89.0 Å². The molecule has 0 amide bonds. The summed E-state index contributed by atoms with van der Waals surface area (Å²) in [6, 6.07) is 1.74. The molecule has 0 aromatic carbocycles. The van der Waals surface area contributed by atoms with Gasteiger partial charge in [-0.15, -0.1) is 0 Å². The molecule has 0 aliphatic heterocycles. The predicted octanol–water partition coefficient (Wildman–Crippen LogP) is 3.77. The first kappa shape index (κ1) is 11.9. The van der Waals surface area contributed by atoms with Crippen LogP contribution in [0.2, 0.25) is 0 Å². The molecule has 68 valence electrons. The quantitative estimate of drug-likeness (QED) is 0.786. The number of halogens is 2. The highest BCUT2D eigenvalue weighted by Gasteiger charge is 2.05. The maximum atomic E-state index is 10.7. The standard InChI is InChI=1S/C6H5Br2NO.C2H6/c1-3(10)5-2-4(7)6(8)9-5;1-2/h2,9H,1H3;1-2H3. The Hall–Kier alpha value is -0.0900. The fourth-order valence-electron chi connectivity index (χ4n) is 0.594. The molecule has 4 heteroatoms. The van der Waals surface area contributed by atoms with Crippen LogP contribution in [-0.2, 0) is 0 Å². The summed E-state index contributed by atoms with van der Waals surface area (Å²) in [5.74, 6) is 0.0337. The third-order valence-electron chi connectivity index (χ3n) is 1.10. The van der Waals surface area contributed by atoms with Gasteiger partial charge in [0.15, 0.2) is 5.78 Å². The van der Waals surface area contributed by atoms with Crippen LogP contribution in [0, 0.1) is 0 Å². The molecule has 0 saturated carbocycles. The first-order chi connectivity index (χ1) is 5.61. The summed E-state index contributed by atoms with van der Waals surface area (Å²) in [4.78, 5) is 13.6. The van der Waals surface area contributed by atoms with Crippen molar-refractivity contribution in [2.24, 2.45) is 0 Å². The Balaban J connectivity index is 0.000000561. The Morgan fingerprint density at radius 3 is 2.08 bits per heavy atom. The van der Waals surface area contributed by atoms with Crippen molar-refractivity contribution < 1.29 is 4.79 Å². The average Bonchev–Trinajstić information content (AvgIpc) is 2.36. The van der Waals surface area contributed by atoms with Gasteiger partial charge in [0.25, 0.3) is 0 Å². The molecule has 1 aromatic heterocycles. The van der Waals surface area contributed by atoms with Crippen molar-refractivity contribution in [2.45, 2.75) is 20.8 Å². The van der Waals surface area contributed by atoms with Crippen molar-refractivity contribution in [3.63, 3.8) is 0 Å². The van der Waals surface area contributed by atoms with Crippen molar-refractivity contribution in [3.8, 4) is 0 Å². The molecule has 1 heterocycles. The third-order valence-corrected chi connectivity index (χ3v) is 2.89. The van der Waals surface area contributed by atoms with Gasteiger partial charge in [-0.2, -0.15) is 0 Å². The second kappa shape index (κ2) is 5.54. The van der Waals surface area contributed by atoms with Gasteiger partial charge in [-0.25, -0.2) is 0 Å². The molecule has 0 atom stereocenters. The molecule has 0 fully saturated rings. The summed E-state index contributed by atoms with van der Waals surface area (Å²) >= 11 is 6.48. The number of rotatable bonds is 1. The van der Waals surface area contributed by atoms with Crippen molar-refractivity contribution in [2.75, 3.05) is 0 Å². The monoisotopic (exact) mass is 295 g/mol. The number of ketones is 1. The van der Waals surface area contributed by atoms with Crippen LogP contribution in [0.5, 0.6) is 0 Å². The van der Waals surface area contributed by atoms with Gasteiger partial charge in [0, 0.05) is 6.92 Å². The lowest BCUT2D eigenvalue weighted by Gasteiger charge is -1.83. The van der Waals surface area contributed by atoms with Crippen molar-refractivity contribution in [1.82, 2.24) is 4.98 Å². The van der Waals surface area contributed by atoms with Crippen molar-refractivity contribution in [3.05, 3.63) is 20.8 Å². The summed E-state index contributed by atoms with van der Waals surface area (Å²) < 4.78 is 1.68. The van der Waals surface area contributed by atoms with E-state index < -0.39 is 0 Å². The molecule has 1 N–H and O–H groups in total. The zero-order valence-electron chi connectivity index (χ0n) is 7.24. The number of Topliss-reactive ketones (excluding diaryl/α,β-unsaturated/α-hetero) is 1. The number of hydrogen-bond acceptors (Lipinski definition) is 1. The predicted molar refractivity (Wildman–Crippen MR) is 57.5 cm³/mol. The van der Waals surface area contributed by atoms with Crippen LogP contribution < -0.4 is 0 Å². The first-order valence-corrected chi connectivity index (χ1v) is 5.25. The van der Waals surface area contributed by atoms with Crippen LogP contribution in [0.1, 0.15) is 31.3 Å². The average molecular weight is 297 g/mol. The lowest BCUT2D eigenvalue weighted by Crippen LogP contribution is -1.89. The molecule has 0 spiro atoms. The number of carbonyl (C=O) groups is 1. The van der Waals surface area contributed by atoms with Crippen LogP contribution >= 0.6 is 31.9 Å². The summed E-state index contributed by atoms with van der Waals surface area (Å²) in [5.41, 5.74) is 0.610. The van der Waals surface area contributed by atoms with Gasteiger partial charge in [-0.05, 0) is 37.9 Å². The van der Waals surface area contributed by atoms with E-state index in [2.05, 4.69) is 36.8 Å². The number of H-pyrrole nitrogens is 1. The molecule has 1 rings (SSSR count). The van der Waals surface area contributed by atoms with E-state index in [1.165, 1.54) is 6.92 Å². The van der Waals surface area contributed by atoms with E-state index in [0.29, 0.717) is 5.69 Å². The molecule has 0 radical (unpaired) electrons. The summed E-state index contributed by atoms with van der Waals surface area (Å²) in [5, 5.41) is 0. The minimum Gasteiger partial charge on any atom is -0.346 e. The molecular formula is C8H11Br2NO. The van der Waals surface area contributed by atoms with E-state index in [1.54, 1.807) is 6.07 Å². The fourth-order valence-corrected chi connectivity index (χ4v) is 1.25. The number of hydrogen-bond donors (Lipinski definition) is 1. The van der Waals surface area contributed by atoms with E-state index in [4.69, 9.17) is 0 Å². The summed E-state index contributed by atoms with van der Waals surface area (Å²) in [6.07, 6.45) is 0. The molecule has 0 bridgehead atoms. The van der Waals surface area contributed by atoms with E-state index in [9.17, 15) is 4.79 Å². The van der Waals surface area contributed by atoms with Crippen LogP contribution in [0.15, 0.2) is 15.1 Å². The highest BCUT2D eigenvalue weighted by Crippen LogP contribution is 2.22. The minimum absolute atomic E-state index is 0.0337. The molecule has 0 aliphatic rings. The van der Waals surface area contributed by atoms with Gasteiger partial charge in [0.2, 0.25) is 0 Å². The summed E-state index contributed by atoms with van der Waals surface area (Å²) in [7, 11) is 0. The maximum absolute atomic E-state index is 10.7. The first-order valence-electron chi connectivity index (χ1n) is 3.66. The molecule has 12 heavy (non-hydrogen) atoms. The number of carbonyl (C=O) groups excluding carboxylic acids is 1. The minimum atomic E-state index is 0.0337. The van der Waals surface area contributed by atoms with Crippen molar-refractivity contribution in [1.29, 1.82) is 0 Å². The number of nitrogens with one attached hydrogen (secondary N) is 1. The van der Waals surface area contributed by atoms with Gasteiger partial charge in [0.1, 0.15) is 0 Å². The molecule has 2 nitrogen and oxygen atoms in total. The molecule has 0 aliphatic carbocycles. The van der Waals surface area contributed by atoms with Crippen molar-refractivity contribution >= 4 is 37.6 Å². The Morgan fingerprint density at radius 1 is 1.42 bits per heavy atom. The topological polar surface area (TPSA) is 32.9 Å². The van der Waals surface area contributed by atoms with Crippen LogP contribution in [0.4, 0.5) is 0 Å². The Kier molecular flexibility index (Phi) is 5.50. The zero-order valence-corrected chi connectivity index (χ0v) is 10.4. The largest absolute Gasteiger partial charge is 0.346 e. The van der Waals surface area contributed by atoms with Gasteiger partial charge in [-0.1, -0.05) is 13.8 Å². The van der Waals surface area contributed by atoms with Gasteiger partial charge >= 0.3 is 0 Å². The summed E-state index contributed by atoms with van der Waals surface area (Å²) in [6.45, 7) is 5.52. The smallest absolute Gasteiger partial charge is 0.175 e. The van der Waals surface area contributed by atoms with Crippen LogP contribution in [0.25, 0.3) is 0 Å². The molecule has 1 aromatic rings. The highest BCUT2D eigenvalue weighted by molar-refractivity contribution is 9.13. The van der Waals surface area contributed by atoms with Gasteiger partial charge < -0.3 is 4.98 Å². The van der Waals surface area contributed by atoms with E-state index in [0.717, 1.165) is 9.08 Å². The Bertz CT molecular complexity index is 249. The van der Waals surface area contributed by atoms with E-state index in [-0.39, 0.29) is 5.78 Å². The normalized spacial score (nSPS) is 8.75. The molecule has 0 unspecified atom stereocenters. The van der Waals surface area contributed by atoms with Gasteiger partial charge in [0.05, 0.1) is 14.8 Å². The maximum Gasteiger partial charge on any atom is 0.175 e. The van der Waals surface area contributed by atoms with Crippen LogP contribution in [0.3, 0.4) is 0 Å². The lowest BCUT2D eigenvalue weighted by atomic mass is 10.3. The van der Waals surface area contributed by atoms with Crippen LogP contribution in [-0.4, -0.2) is 10.8 Å². The molecule has 0 saturated heterocycles. The lowest BCUT2D eigenvalue weighted by molar-refractivity contribution is 0.101. The zero-order chi connectivity index (χ0) is 9.72. The number of aromatic amines is 1. The van der Waals surface area contributed by atoms with E-state index >= 15 is 0 Å². The second-order valence-corrected chi connectivity index (χ2v) is 3.55. The third kappa shape index (κ3) is 3.11. The highest BCUT2D eigenvalue weighted by atomic mass is 79.9. The second-order valence-electron chi connectivity index (χ2n) is 1.90. The number of aromatic nitrogens is 1. The fraction of sp³-hybridized carbons (Fsp3) is 0.375.